The first-order valence-electron chi connectivity index (χ1n) is 9.04. The van der Waals surface area contributed by atoms with Gasteiger partial charge in [0.2, 0.25) is 5.91 Å². The number of thiophene rings is 1. The zero-order valence-corrected chi connectivity index (χ0v) is 15.9. The van der Waals surface area contributed by atoms with Crippen LogP contribution in [0.15, 0.2) is 40.8 Å². The van der Waals surface area contributed by atoms with Crippen molar-refractivity contribution in [2.45, 2.75) is 32.4 Å². The van der Waals surface area contributed by atoms with Crippen molar-refractivity contribution in [1.29, 1.82) is 0 Å². The Bertz CT molecular complexity index is 1020. The first-order chi connectivity index (χ1) is 13.1. The molecule has 2 aromatic heterocycles. The molecule has 140 valence electrons. The third kappa shape index (κ3) is 3.79. The molecule has 4 rings (SSSR count). The summed E-state index contributed by atoms with van der Waals surface area (Å²) in [5, 5.41) is 5.36. The molecular weight excluding hydrogens is 362 g/mol. The van der Waals surface area contributed by atoms with Crippen molar-refractivity contribution < 1.29 is 9.53 Å². The molecule has 1 unspecified atom stereocenters. The van der Waals surface area contributed by atoms with Crippen molar-refractivity contribution in [1.82, 2.24) is 14.9 Å². The van der Waals surface area contributed by atoms with E-state index in [9.17, 15) is 9.59 Å². The van der Waals surface area contributed by atoms with Gasteiger partial charge in [-0.2, -0.15) is 0 Å². The molecule has 27 heavy (non-hydrogen) atoms. The van der Waals surface area contributed by atoms with Gasteiger partial charge in [0.25, 0.3) is 5.56 Å². The minimum absolute atomic E-state index is 0.0440. The predicted octanol–water partition coefficient (Wildman–Crippen LogP) is 2.73. The normalized spacial score (nSPS) is 16.7. The summed E-state index contributed by atoms with van der Waals surface area (Å²) in [7, 11) is 0. The van der Waals surface area contributed by atoms with Gasteiger partial charge in [0.1, 0.15) is 11.4 Å². The van der Waals surface area contributed by atoms with Crippen LogP contribution in [0.1, 0.15) is 18.4 Å². The molecule has 1 aliphatic heterocycles. The maximum Gasteiger partial charge on any atom is 0.263 e. The average Bonchev–Trinajstić information content (AvgIpc) is 3.33. The van der Waals surface area contributed by atoms with Crippen LogP contribution in [0.2, 0.25) is 0 Å². The van der Waals surface area contributed by atoms with Gasteiger partial charge in [0.15, 0.2) is 0 Å². The Labute approximate surface area is 160 Å². The Hall–Kier alpha value is -2.51. The van der Waals surface area contributed by atoms with Crippen LogP contribution < -0.4 is 10.9 Å². The highest BCUT2D eigenvalue weighted by atomic mass is 32.1. The largest absolute Gasteiger partial charge is 0.376 e. The van der Waals surface area contributed by atoms with E-state index in [1.54, 1.807) is 0 Å². The van der Waals surface area contributed by atoms with Crippen LogP contribution in [-0.2, 0) is 16.1 Å². The number of ether oxygens (including phenoxy) is 1. The fraction of sp³-hybridized carbons (Fsp3) is 0.350. The lowest BCUT2D eigenvalue weighted by Crippen LogP contribution is -2.36. The third-order valence-electron chi connectivity index (χ3n) is 4.79. The fourth-order valence-electron chi connectivity index (χ4n) is 3.27. The Morgan fingerprint density at radius 2 is 2.19 bits per heavy atom. The minimum Gasteiger partial charge on any atom is -0.376 e. The quantitative estimate of drug-likeness (QED) is 0.735. The molecule has 3 aromatic rings. The second-order valence-electron chi connectivity index (χ2n) is 6.81. The number of carbonyl (C=O) groups is 1. The molecule has 0 saturated carbocycles. The Balaban J connectivity index is 1.57. The van der Waals surface area contributed by atoms with Gasteiger partial charge in [-0.15, -0.1) is 11.3 Å². The number of nitrogens with one attached hydrogen (secondary N) is 1. The Morgan fingerprint density at radius 1 is 1.37 bits per heavy atom. The number of hydrogen-bond donors (Lipinski definition) is 1. The van der Waals surface area contributed by atoms with Crippen LogP contribution in [0, 0.1) is 6.92 Å². The molecule has 1 saturated heterocycles. The highest BCUT2D eigenvalue weighted by Crippen LogP contribution is 2.30. The minimum atomic E-state index is -0.208. The van der Waals surface area contributed by atoms with Crippen LogP contribution in [0.3, 0.4) is 0 Å². The predicted molar refractivity (Wildman–Crippen MR) is 106 cm³/mol. The smallest absolute Gasteiger partial charge is 0.263 e. The average molecular weight is 383 g/mol. The van der Waals surface area contributed by atoms with E-state index in [1.807, 2.05) is 36.6 Å². The van der Waals surface area contributed by atoms with Gasteiger partial charge in [-0.1, -0.05) is 29.8 Å². The van der Waals surface area contributed by atoms with Crippen molar-refractivity contribution in [2.24, 2.45) is 0 Å². The van der Waals surface area contributed by atoms with E-state index in [0.717, 1.165) is 36.1 Å². The van der Waals surface area contributed by atoms with Gasteiger partial charge < -0.3 is 10.1 Å². The van der Waals surface area contributed by atoms with E-state index in [2.05, 4.69) is 10.3 Å². The Morgan fingerprint density at radius 3 is 2.93 bits per heavy atom. The summed E-state index contributed by atoms with van der Waals surface area (Å²) in [6, 6.07) is 8.04. The highest BCUT2D eigenvalue weighted by molar-refractivity contribution is 7.17. The van der Waals surface area contributed by atoms with Gasteiger partial charge in [-0.05, 0) is 25.3 Å². The molecule has 0 aliphatic carbocycles. The molecule has 0 bridgehead atoms. The zero-order chi connectivity index (χ0) is 18.8. The van der Waals surface area contributed by atoms with Gasteiger partial charge >= 0.3 is 0 Å². The maximum absolute atomic E-state index is 13.0. The van der Waals surface area contributed by atoms with Crippen molar-refractivity contribution in [3.8, 4) is 11.1 Å². The summed E-state index contributed by atoms with van der Waals surface area (Å²) < 4.78 is 6.88. The monoisotopic (exact) mass is 383 g/mol. The van der Waals surface area contributed by atoms with Gasteiger partial charge in [-0.25, -0.2) is 4.98 Å². The van der Waals surface area contributed by atoms with Crippen molar-refractivity contribution in [3.05, 3.63) is 51.9 Å². The van der Waals surface area contributed by atoms with Crippen LogP contribution in [0.5, 0.6) is 0 Å². The second kappa shape index (κ2) is 7.62. The van der Waals surface area contributed by atoms with Crippen LogP contribution >= 0.6 is 11.3 Å². The topological polar surface area (TPSA) is 73.2 Å². The lowest BCUT2D eigenvalue weighted by molar-refractivity contribution is -0.122. The summed E-state index contributed by atoms with van der Waals surface area (Å²) in [6.07, 6.45) is 3.52. The number of aryl methyl sites for hydroxylation is 1. The first kappa shape index (κ1) is 17.9. The zero-order valence-electron chi connectivity index (χ0n) is 15.1. The number of benzene rings is 1. The number of amides is 1. The molecule has 0 spiro atoms. The van der Waals surface area contributed by atoms with E-state index < -0.39 is 0 Å². The SMILES string of the molecule is Cc1ccc(-c2csc3ncn(CC(=O)NCC4CCCO4)c(=O)c23)cc1. The van der Waals surface area contributed by atoms with E-state index in [1.165, 1.54) is 22.2 Å². The van der Waals surface area contributed by atoms with Gasteiger partial charge in [0, 0.05) is 24.1 Å². The summed E-state index contributed by atoms with van der Waals surface area (Å²) >= 11 is 1.44. The molecule has 1 N–H and O–H groups in total. The molecule has 1 aliphatic rings. The maximum atomic E-state index is 13.0. The molecular formula is C20H21N3O3S. The first-order valence-corrected chi connectivity index (χ1v) is 9.92. The molecule has 3 heterocycles. The number of aromatic nitrogens is 2. The van der Waals surface area contributed by atoms with Crippen molar-refractivity contribution in [3.63, 3.8) is 0 Å². The molecule has 6 nitrogen and oxygen atoms in total. The van der Waals surface area contributed by atoms with E-state index in [-0.39, 0.29) is 24.1 Å². The number of fused-ring (bicyclic) bond motifs is 1. The number of rotatable bonds is 5. The second-order valence-corrected chi connectivity index (χ2v) is 7.67. The summed E-state index contributed by atoms with van der Waals surface area (Å²) in [5.74, 6) is -0.208. The summed E-state index contributed by atoms with van der Waals surface area (Å²) in [5.41, 5.74) is 2.81. The van der Waals surface area contributed by atoms with E-state index in [4.69, 9.17) is 4.74 Å². The van der Waals surface area contributed by atoms with Crippen LogP contribution in [-0.4, -0.2) is 34.7 Å². The van der Waals surface area contributed by atoms with Crippen LogP contribution in [0.4, 0.5) is 0 Å². The van der Waals surface area contributed by atoms with Crippen molar-refractivity contribution in [2.75, 3.05) is 13.2 Å². The Kier molecular flexibility index (Phi) is 5.05. The lowest BCUT2D eigenvalue weighted by atomic mass is 10.1. The van der Waals surface area contributed by atoms with Crippen LogP contribution in [0.25, 0.3) is 21.3 Å². The third-order valence-corrected chi connectivity index (χ3v) is 5.67. The standard InChI is InChI=1S/C20H21N3O3S/c1-13-4-6-14(7-5-13)16-11-27-19-18(16)20(25)23(12-22-19)10-17(24)21-9-15-3-2-8-26-15/h4-7,11-12,15H,2-3,8-10H2,1H3,(H,21,24). The van der Waals surface area contributed by atoms with E-state index >= 15 is 0 Å². The van der Waals surface area contributed by atoms with Gasteiger partial charge in [-0.3, -0.25) is 14.2 Å². The molecule has 1 amide bonds. The molecule has 1 aromatic carbocycles. The number of carbonyl (C=O) groups excluding carboxylic acids is 1. The molecule has 7 heteroatoms. The summed E-state index contributed by atoms with van der Waals surface area (Å²) in [4.78, 5) is 30.3. The van der Waals surface area contributed by atoms with Gasteiger partial charge in [0.05, 0.1) is 17.8 Å². The summed E-state index contributed by atoms with van der Waals surface area (Å²) in [6.45, 7) is 3.22. The van der Waals surface area contributed by atoms with E-state index in [0.29, 0.717) is 16.8 Å². The molecule has 1 atom stereocenters. The number of nitrogens with zero attached hydrogens (tertiary/aromatic N) is 2. The number of hydrogen-bond acceptors (Lipinski definition) is 5. The molecule has 1 fully saturated rings. The molecule has 0 radical (unpaired) electrons. The highest BCUT2D eigenvalue weighted by Gasteiger charge is 2.17. The fourth-order valence-corrected chi connectivity index (χ4v) is 4.18. The van der Waals surface area contributed by atoms with Crippen molar-refractivity contribution >= 4 is 27.5 Å². The lowest BCUT2D eigenvalue weighted by Gasteiger charge is -2.11.